The van der Waals surface area contributed by atoms with Gasteiger partial charge < -0.3 is 25.0 Å². The largest absolute Gasteiger partial charge is 0.472 e. The van der Waals surface area contributed by atoms with E-state index in [9.17, 15) is 40.8 Å². The van der Waals surface area contributed by atoms with Crippen molar-refractivity contribution in [2.45, 2.75) is 107 Å². The van der Waals surface area contributed by atoms with Gasteiger partial charge in [-0.05, 0) is 74.1 Å². The van der Waals surface area contributed by atoms with Gasteiger partial charge in [-0.25, -0.2) is 18.2 Å². The molecule has 0 spiro atoms. The second-order valence-corrected chi connectivity index (χ2v) is 17.4. The number of halogens is 3. The molecule has 1 aromatic heterocycles. The zero-order valence-corrected chi connectivity index (χ0v) is 30.6. The highest BCUT2D eigenvalue weighted by atomic mass is 32.2. The van der Waals surface area contributed by atoms with Crippen molar-refractivity contribution >= 4 is 44.6 Å². The molecule has 2 aromatic rings. The van der Waals surface area contributed by atoms with E-state index in [0.717, 1.165) is 6.07 Å². The Kier molecular flexibility index (Phi) is 10.2. The third kappa shape index (κ3) is 8.09. The average molecular weight is 764 g/mol. The molecule has 288 valence electrons. The molecule has 0 unspecified atom stereocenters. The van der Waals surface area contributed by atoms with Crippen LogP contribution in [0.4, 0.5) is 18.0 Å². The Morgan fingerprint density at radius 3 is 2.49 bits per heavy atom. The summed E-state index contributed by atoms with van der Waals surface area (Å²) in [5.41, 5.74) is -2.98. The number of fused-ring (bicyclic) bond motifs is 3. The van der Waals surface area contributed by atoms with Gasteiger partial charge in [0.15, 0.2) is 0 Å². The number of ether oxygens (including phenoxy) is 2. The van der Waals surface area contributed by atoms with Crippen molar-refractivity contribution in [3.8, 4) is 5.88 Å². The quantitative estimate of drug-likeness (QED) is 0.366. The van der Waals surface area contributed by atoms with Crippen LogP contribution in [0.3, 0.4) is 0 Å². The van der Waals surface area contributed by atoms with Crippen LogP contribution < -0.4 is 20.1 Å². The van der Waals surface area contributed by atoms with Gasteiger partial charge in [0.25, 0.3) is 5.91 Å². The molecule has 1 aromatic carbocycles. The Labute approximate surface area is 305 Å². The molecule has 3 fully saturated rings. The van der Waals surface area contributed by atoms with Crippen molar-refractivity contribution in [1.82, 2.24) is 25.2 Å². The number of rotatable bonds is 6. The number of pyridine rings is 1. The molecule has 4 aliphatic rings. The van der Waals surface area contributed by atoms with E-state index in [2.05, 4.69) is 26.9 Å². The first kappa shape index (κ1) is 38.3. The number of sulfonamides is 1. The van der Waals surface area contributed by atoms with Crippen molar-refractivity contribution in [2.24, 2.45) is 11.3 Å². The number of aryl methyl sites for hydroxylation is 1. The molecular weight excluding hydrogens is 719 g/mol. The first-order valence-corrected chi connectivity index (χ1v) is 19.3. The average Bonchev–Trinajstić information content (AvgIpc) is 4.00. The van der Waals surface area contributed by atoms with Crippen LogP contribution in [0.2, 0.25) is 0 Å². The molecular formula is C36H44F3N5O8S. The molecule has 2 saturated carbocycles. The van der Waals surface area contributed by atoms with Gasteiger partial charge >= 0.3 is 12.3 Å². The second kappa shape index (κ2) is 14.1. The van der Waals surface area contributed by atoms with Gasteiger partial charge in [-0.1, -0.05) is 26.8 Å². The van der Waals surface area contributed by atoms with Gasteiger partial charge in [0, 0.05) is 29.3 Å². The Hall–Kier alpha value is -4.41. The van der Waals surface area contributed by atoms with Crippen molar-refractivity contribution in [3.05, 3.63) is 48.2 Å². The maximum absolute atomic E-state index is 14.4. The van der Waals surface area contributed by atoms with E-state index < -0.39 is 85.9 Å². The molecule has 53 heavy (non-hydrogen) atoms. The summed E-state index contributed by atoms with van der Waals surface area (Å²) < 4.78 is 82.0. The molecule has 2 aliphatic heterocycles. The zero-order valence-electron chi connectivity index (χ0n) is 29.8. The second-order valence-electron chi connectivity index (χ2n) is 15.4. The first-order valence-electron chi connectivity index (χ1n) is 17.7. The number of hydrogen-bond donors (Lipinski definition) is 3. The van der Waals surface area contributed by atoms with E-state index in [1.165, 1.54) is 23.2 Å². The van der Waals surface area contributed by atoms with Gasteiger partial charge in [-0.3, -0.25) is 19.1 Å². The molecule has 5 atom stereocenters. The molecule has 4 amide bonds. The molecule has 13 nitrogen and oxygen atoms in total. The van der Waals surface area contributed by atoms with Crippen LogP contribution in [-0.2, 0) is 41.7 Å². The standard InChI is InChI=1S/C36H44F3N5O8S/c1-5-21-18-35(21,32(47)43-53(49,50)23-10-11-23)42-29(45)27-17-22-19-44(27)31(46)28(34(2,3)4)41-33(48)51-14-8-6-7-9-20-15-25-24(12-13-40-30(25)52-22)26(16-20)36(37,38)39/h5,12-13,15-16,21-23,27-28H,1,6-11,14,17-19H2,2-4H3,(H,41,48)(H,42,45)(H,43,47)/t21-,22+,27-,28+,35+/m0/s1. The van der Waals surface area contributed by atoms with Crippen LogP contribution in [0.1, 0.15) is 76.8 Å². The summed E-state index contributed by atoms with van der Waals surface area (Å²) in [6.07, 6.45) is -1.35. The molecule has 6 rings (SSSR count). The summed E-state index contributed by atoms with van der Waals surface area (Å²) in [6.45, 7) is 8.64. The minimum atomic E-state index is -4.68. The van der Waals surface area contributed by atoms with Crippen LogP contribution in [0, 0.1) is 11.3 Å². The fourth-order valence-corrected chi connectivity index (χ4v) is 8.45. The maximum atomic E-state index is 14.4. The Balaban J connectivity index is 1.37. The minimum Gasteiger partial charge on any atom is -0.472 e. The third-order valence-electron chi connectivity index (χ3n) is 10.3. The third-order valence-corrected chi connectivity index (χ3v) is 12.1. The van der Waals surface area contributed by atoms with Crippen molar-refractivity contribution in [2.75, 3.05) is 13.2 Å². The lowest BCUT2D eigenvalue weighted by Gasteiger charge is -2.35. The molecule has 3 heterocycles. The Morgan fingerprint density at radius 1 is 1.11 bits per heavy atom. The lowest BCUT2D eigenvalue weighted by atomic mass is 9.85. The lowest BCUT2D eigenvalue weighted by molar-refractivity contribution is -0.142. The monoisotopic (exact) mass is 763 g/mol. The molecule has 17 heteroatoms. The summed E-state index contributed by atoms with van der Waals surface area (Å²) in [4.78, 5) is 60.5. The molecule has 0 radical (unpaired) electrons. The SMILES string of the molecule is C=C[C@H]1C[C@]1(NC(=O)[C@@H]1C[C@@H]2CN1C(=O)[C@H](C(C)(C)C)NC(=O)OCCCCCc1cc(C(F)(F)F)c3ccnc(c3c1)O2)C(=O)NS(=O)(=O)C1CC1. The van der Waals surface area contributed by atoms with Crippen LogP contribution in [0.5, 0.6) is 5.88 Å². The minimum absolute atomic E-state index is 0.00617. The molecule has 4 bridgehead atoms. The number of hydrogen-bond acceptors (Lipinski definition) is 9. The van der Waals surface area contributed by atoms with Crippen LogP contribution in [0.15, 0.2) is 37.1 Å². The summed E-state index contributed by atoms with van der Waals surface area (Å²) >= 11 is 0. The smallest absolute Gasteiger partial charge is 0.417 e. The summed E-state index contributed by atoms with van der Waals surface area (Å²) in [7, 11) is -3.96. The fraction of sp³-hybridized carbons (Fsp3) is 0.583. The number of carbonyl (C=O) groups excluding carboxylic acids is 4. The van der Waals surface area contributed by atoms with Gasteiger partial charge in [-0.2, -0.15) is 13.2 Å². The molecule has 3 N–H and O–H groups in total. The number of amides is 4. The van der Waals surface area contributed by atoms with Gasteiger partial charge in [0.1, 0.15) is 23.7 Å². The Bertz CT molecular complexity index is 1930. The number of aromatic nitrogens is 1. The number of alkyl halides is 3. The van der Waals surface area contributed by atoms with Crippen molar-refractivity contribution in [3.63, 3.8) is 0 Å². The summed E-state index contributed by atoms with van der Waals surface area (Å²) in [5, 5.41) is 4.64. The molecule has 2 aliphatic carbocycles. The zero-order chi connectivity index (χ0) is 38.5. The molecule has 1 saturated heterocycles. The van der Waals surface area contributed by atoms with Gasteiger partial charge in [-0.15, -0.1) is 6.58 Å². The number of carbonyl (C=O) groups is 4. The topological polar surface area (TPSA) is 173 Å². The number of nitrogens with one attached hydrogen (secondary N) is 3. The highest BCUT2D eigenvalue weighted by Gasteiger charge is 2.62. The highest BCUT2D eigenvalue weighted by Crippen LogP contribution is 2.46. The van der Waals surface area contributed by atoms with Crippen molar-refractivity contribution < 1.29 is 50.2 Å². The van der Waals surface area contributed by atoms with Crippen LogP contribution >= 0.6 is 0 Å². The van der Waals surface area contributed by atoms with E-state index in [1.807, 2.05) is 0 Å². The predicted molar refractivity (Wildman–Crippen MR) is 186 cm³/mol. The maximum Gasteiger partial charge on any atom is 0.417 e. The summed E-state index contributed by atoms with van der Waals surface area (Å²) in [6, 6.07) is 1.46. The highest BCUT2D eigenvalue weighted by molar-refractivity contribution is 7.91. The van der Waals surface area contributed by atoms with Crippen LogP contribution in [-0.4, -0.2) is 84.2 Å². The predicted octanol–water partition coefficient (Wildman–Crippen LogP) is 4.14. The Morgan fingerprint density at radius 2 is 1.85 bits per heavy atom. The van der Waals surface area contributed by atoms with Gasteiger partial charge in [0.2, 0.25) is 27.7 Å². The fourth-order valence-electron chi connectivity index (χ4n) is 7.09. The number of nitrogens with zero attached hydrogens (tertiary/aromatic N) is 2. The lowest BCUT2D eigenvalue weighted by Crippen LogP contribution is -2.60. The first-order chi connectivity index (χ1) is 24.8. The summed E-state index contributed by atoms with van der Waals surface area (Å²) in [5.74, 6) is -3.09. The normalized spacial score (nSPS) is 27.2. The van der Waals surface area contributed by atoms with E-state index in [4.69, 9.17) is 9.47 Å². The van der Waals surface area contributed by atoms with Crippen LogP contribution in [0.25, 0.3) is 10.8 Å². The number of benzene rings is 1. The number of alkyl carbamates (subject to hydrolysis) is 1. The van der Waals surface area contributed by atoms with E-state index in [-0.39, 0.29) is 42.6 Å². The van der Waals surface area contributed by atoms with E-state index in [1.54, 1.807) is 26.8 Å². The number of cyclic esters (lactones) is 1. The van der Waals surface area contributed by atoms with E-state index in [0.29, 0.717) is 44.1 Å². The van der Waals surface area contributed by atoms with E-state index >= 15 is 0 Å². The van der Waals surface area contributed by atoms with Crippen molar-refractivity contribution in [1.29, 1.82) is 0 Å². The van der Waals surface area contributed by atoms with Gasteiger partial charge in [0.05, 0.1) is 24.0 Å².